The molecule has 2 rings (SSSR count). The number of carbonyl (C=O) groups excluding carboxylic acids is 2. The fourth-order valence-corrected chi connectivity index (χ4v) is 1.53. The summed E-state index contributed by atoms with van der Waals surface area (Å²) in [7, 11) is 0. The number of para-hydroxylation sites is 1. The molecule has 0 aliphatic rings. The highest BCUT2D eigenvalue weighted by molar-refractivity contribution is 6.39. The molecule has 2 aromatic rings. The Morgan fingerprint density at radius 1 is 1.00 bits per heavy atom. The normalized spacial score (nSPS) is 10.3. The molecule has 3 N–H and O–H groups in total. The van der Waals surface area contributed by atoms with E-state index in [0.29, 0.717) is 11.3 Å². The molecule has 6 heteroatoms. The monoisotopic (exact) mass is 283 g/mol. The predicted octanol–water partition coefficient (Wildman–Crippen LogP) is 1.48. The van der Waals surface area contributed by atoms with Gasteiger partial charge >= 0.3 is 11.8 Å². The number of hydrogen-bond acceptors (Lipinski definition) is 4. The first-order chi connectivity index (χ1) is 10.1. The first-order valence-electron chi connectivity index (χ1n) is 6.13. The molecule has 0 atom stereocenters. The lowest BCUT2D eigenvalue weighted by Crippen LogP contribution is -2.32. The smallest absolute Gasteiger partial charge is 0.329 e. The minimum atomic E-state index is -0.879. The van der Waals surface area contributed by atoms with Gasteiger partial charge in [0.15, 0.2) is 0 Å². The molecule has 0 saturated heterocycles. The number of aromatic hydroxyl groups is 1. The lowest BCUT2D eigenvalue weighted by Gasteiger charge is -2.03. The van der Waals surface area contributed by atoms with Crippen LogP contribution in [0.4, 0.5) is 5.69 Å². The molecular weight excluding hydrogens is 270 g/mol. The molecule has 106 valence electrons. The van der Waals surface area contributed by atoms with Gasteiger partial charge in [-0.25, -0.2) is 5.43 Å². The van der Waals surface area contributed by atoms with Crippen molar-refractivity contribution in [2.24, 2.45) is 5.10 Å². The quantitative estimate of drug-likeness (QED) is 0.452. The third-order valence-corrected chi connectivity index (χ3v) is 2.49. The molecule has 0 aliphatic carbocycles. The van der Waals surface area contributed by atoms with E-state index in [2.05, 4.69) is 15.8 Å². The van der Waals surface area contributed by atoms with Gasteiger partial charge < -0.3 is 10.4 Å². The molecule has 6 nitrogen and oxygen atoms in total. The SMILES string of the molecule is O=C(N/N=C\c1cccc(O)c1)C(=O)Nc1ccccc1. The Morgan fingerprint density at radius 2 is 1.76 bits per heavy atom. The molecule has 0 aromatic heterocycles. The van der Waals surface area contributed by atoms with Gasteiger partial charge in [-0.2, -0.15) is 5.10 Å². The first-order valence-corrected chi connectivity index (χ1v) is 6.13. The summed E-state index contributed by atoms with van der Waals surface area (Å²) < 4.78 is 0. The number of rotatable bonds is 3. The van der Waals surface area contributed by atoms with E-state index in [1.165, 1.54) is 18.3 Å². The Hall–Kier alpha value is -3.15. The van der Waals surface area contributed by atoms with Gasteiger partial charge in [0.1, 0.15) is 5.75 Å². The number of nitrogens with one attached hydrogen (secondary N) is 2. The van der Waals surface area contributed by atoms with Crippen molar-refractivity contribution in [2.45, 2.75) is 0 Å². The molecule has 2 amide bonds. The Balaban J connectivity index is 1.88. The van der Waals surface area contributed by atoms with Gasteiger partial charge in [0.2, 0.25) is 0 Å². The van der Waals surface area contributed by atoms with Crippen molar-refractivity contribution >= 4 is 23.7 Å². The van der Waals surface area contributed by atoms with Crippen molar-refractivity contribution in [3.05, 3.63) is 60.2 Å². The molecular formula is C15H13N3O3. The van der Waals surface area contributed by atoms with Crippen LogP contribution in [0.1, 0.15) is 5.56 Å². The van der Waals surface area contributed by atoms with Crippen molar-refractivity contribution in [3.8, 4) is 5.75 Å². The van der Waals surface area contributed by atoms with Crippen molar-refractivity contribution in [2.75, 3.05) is 5.32 Å². The van der Waals surface area contributed by atoms with Crippen LogP contribution in [-0.2, 0) is 9.59 Å². The van der Waals surface area contributed by atoms with Crippen molar-refractivity contribution < 1.29 is 14.7 Å². The number of phenols is 1. The topological polar surface area (TPSA) is 90.8 Å². The Labute approximate surface area is 121 Å². The average molecular weight is 283 g/mol. The second-order valence-electron chi connectivity index (χ2n) is 4.11. The van der Waals surface area contributed by atoms with Crippen LogP contribution in [0.25, 0.3) is 0 Å². The molecule has 0 unspecified atom stereocenters. The molecule has 21 heavy (non-hydrogen) atoms. The summed E-state index contributed by atoms with van der Waals surface area (Å²) in [5.41, 5.74) is 3.23. The number of nitrogens with zero attached hydrogens (tertiary/aromatic N) is 1. The third kappa shape index (κ3) is 4.46. The van der Waals surface area contributed by atoms with Gasteiger partial charge in [-0.1, -0.05) is 30.3 Å². The maximum Gasteiger partial charge on any atom is 0.329 e. The minimum Gasteiger partial charge on any atom is -0.508 e. The molecule has 0 radical (unpaired) electrons. The Morgan fingerprint density at radius 3 is 2.48 bits per heavy atom. The highest BCUT2D eigenvalue weighted by Gasteiger charge is 2.12. The number of amides is 2. The van der Waals surface area contributed by atoms with Gasteiger partial charge in [-0.15, -0.1) is 0 Å². The summed E-state index contributed by atoms with van der Waals surface area (Å²) in [5.74, 6) is -1.60. The molecule has 0 spiro atoms. The zero-order chi connectivity index (χ0) is 15.1. The maximum atomic E-state index is 11.6. The van der Waals surface area contributed by atoms with E-state index in [1.807, 2.05) is 0 Å². The highest BCUT2D eigenvalue weighted by Crippen LogP contribution is 2.08. The lowest BCUT2D eigenvalue weighted by molar-refractivity contribution is -0.136. The van der Waals surface area contributed by atoms with Gasteiger partial charge in [-0.3, -0.25) is 9.59 Å². The van der Waals surface area contributed by atoms with E-state index < -0.39 is 11.8 Å². The first kappa shape index (κ1) is 14.3. The van der Waals surface area contributed by atoms with Gasteiger partial charge in [-0.05, 0) is 29.8 Å². The van der Waals surface area contributed by atoms with E-state index in [-0.39, 0.29) is 5.75 Å². The molecule has 0 aliphatic heterocycles. The van der Waals surface area contributed by atoms with Crippen LogP contribution in [-0.4, -0.2) is 23.1 Å². The summed E-state index contributed by atoms with van der Waals surface area (Å²) in [6.07, 6.45) is 1.33. The highest BCUT2D eigenvalue weighted by atomic mass is 16.3. The summed E-state index contributed by atoms with van der Waals surface area (Å²) in [6.45, 7) is 0. The van der Waals surface area contributed by atoms with Crippen LogP contribution in [0.3, 0.4) is 0 Å². The number of phenolic OH excluding ortho intramolecular Hbond substituents is 1. The Kier molecular flexibility index (Phi) is 4.66. The largest absolute Gasteiger partial charge is 0.508 e. The van der Waals surface area contributed by atoms with E-state index in [9.17, 15) is 14.7 Å². The summed E-state index contributed by atoms with van der Waals surface area (Å²) in [5, 5.41) is 15.3. The van der Waals surface area contributed by atoms with Crippen LogP contribution < -0.4 is 10.7 Å². The van der Waals surface area contributed by atoms with E-state index in [0.717, 1.165) is 0 Å². The molecule has 0 bridgehead atoms. The second-order valence-corrected chi connectivity index (χ2v) is 4.11. The molecule has 0 saturated carbocycles. The third-order valence-electron chi connectivity index (χ3n) is 2.49. The fraction of sp³-hybridized carbons (Fsp3) is 0. The minimum absolute atomic E-state index is 0.0899. The predicted molar refractivity (Wildman–Crippen MR) is 78.9 cm³/mol. The Bertz CT molecular complexity index is 669. The van der Waals surface area contributed by atoms with Crippen molar-refractivity contribution in [3.63, 3.8) is 0 Å². The fourth-order valence-electron chi connectivity index (χ4n) is 1.53. The number of hydrogen-bond donors (Lipinski definition) is 3. The van der Waals surface area contributed by atoms with E-state index in [4.69, 9.17) is 0 Å². The zero-order valence-corrected chi connectivity index (χ0v) is 11.0. The standard InChI is InChI=1S/C15H13N3O3/c19-13-8-4-5-11(9-13)10-16-18-15(21)14(20)17-12-6-2-1-3-7-12/h1-10,19H,(H,17,20)(H,18,21)/b16-10-. The summed E-state index contributed by atoms with van der Waals surface area (Å²) >= 11 is 0. The van der Waals surface area contributed by atoms with Crippen LogP contribution in [0.15, 0.2) is 59.7 Å². The molecule has 0 heterocycles. The number of carbonyl (C=O) groups is 2. The van der Waals surface area contributed by atoms with Gasteiger partial charge in [0, 0.05) is 5.69 Å². The van der Waals surface area contributed by atoms with Gasteiger partial charge in [0.25, 0.3) is 0 Å². The number of hydrazone groups is 1. The maximum absolute atomic E-state index is 11.6. The lowest BCUT2D eigenvalue weighted by atomic mass is 10.2. The summed E-state index contributed by atoms with van der Waals surface area (Å²) in [6, 6.07) is 14.9. The second kappa shape index (κ2) is 6.85. The molecule has 0 fully saturated rings. The molecule has 2 aromatic carbocycles. The number of anilines is 1. The van der Waals surface area contributed by atoms with Crippen LogP contribution in [0.5, 0.6) is 5.75 Å². The van der Waals surface area contributed by atoms with Crippen LogP contribution in [0, 0.1) is 0 Å². The van der Waals surface area contributed by atoms with Crippen molar-refractivity contribution in [1.82, 2.24) is 5.43 Å². The van der Waals surface area contributed by atoms with E-state index in [1.54, 1.807) is 42.5 Å². The zero-order valence-electron chi connectivity index (χ0n) is 11.0. The van der Waals surface area contributed by atoms with Gasteiger partial charge in [0.05, 0.1) is 6.21 Å². The number of benzene rings is 2. The van der Waals surface area contributed by atoms with Crippen LogP contribution >= 0.6 is 0 Å². The summed E-state index contributed by atoms with van der Waals surface area (Å²) in [4.78, 5) is 23.1. The van der Waals surface area contributed by atoms with Crippen LogP contribution in [0.2, 0.25) is 0 Å². The van der Waals surface area contributed by atoms with E-state index >= 15 is 0 Å². The average Bonchev–Trinajstić information content (AvgIpc) is 2.48. The van der Waals surface area contributed by atoms with Crippen molar-refractivity contribution in [1.29, 1.82) is 0 Å².